The first-order valence-corrected chi connectivity index (χ1v) is 9.10. The van der Waals surface area contributed by atoms with Gasteiger partial charge in [0.05, 0.1) is 19.8 Å². The predicted molar refractivity (Wildman–Crippen MR) is 105 cm³/mol. The molecule has 1 aromatic heterocycles. The van der Waals surface area contributed by atoms with E-state index in [1.165, 1.54) is 43.4 Å². The molecule has 0 aliphatic heterocycles. The summed E-state index contributed by atoms with van der Waals surface area (Å²) in [6.45, 7) is 5.34. The van der Waals surface area contributed by atoms with Gasteiger partial charge >= 0.3 is 5.97 Å². The van der Waals surface area contributed by atoms with Gasteiger partial charge in [0.15, 0.2) is 5.78 Å². The number of hydrogen-bond donors (Lipinski definition) is 1. The second kappa shape index (κ2) is 9.47. The number of H-pyrrole nitrogens is 1. The minimum absolute atomic E-state index is 0.173. The third kappa shape index (κ3) is 4.71. The Morgan fingerprint density at radius 2 is 1.76 bits per heavy atom. The maximum absolute atomic E-state index is 13.2. The van der Waals surface area contributed by atoms with Gasteiger partial charge in [0, 0.05) is 30.5 Å². The number of nitrogens with one attached hydrogen (secondary N) is 1. The lowest BCUT2D eigenvalue weighted by Crippen LogP contribution is -2.45. The molecule has 0 saturated heterocycles. The SMILES string of the molecule is COCCN(C(=O)c1ccc(F)cc1)[C@H](C)C(=O)c1c(C)[nH]c(C(=O)OC)c1C. The number of amides is 1. The van der Waals surface area contributed by atoms with Crippen LogP contribution in [0.4, 0.5) is 4.39 Å². The van der Waals surface area contributed by atoms with Crippen LogP contribution in [-0.2, 0) is 9.47 Å². The molecule has 156 valence electrons. The van der Waals surface area contributed by atoms with E-state index in [9.17, 15) is 18.8 Å². The van der Waals surface area contributed by atoms with E-state index < -0.39 is 23.7 Å². The van der Waals surface area contributed by atoms with Gasteiger partial charge in [-0.05, 0) is 50.6 Å². The lowest BCUT2D eigenvalue weighted by atomic mass is 9.99. The van der Waals surface area contributed by atoms with E-state index in [4.69, 9.17) is 9.47 Å². The topological polar surface area (TPSA) is 88.7 Å². The fraction of sp³-hybridized carbons (Fsp3) is 0.381. The van der Waals surface area contributed by atoms with Crippen LogP contribution in [-0.4, -0.2) is 61.0 Å². The van der Waals surface area contributed by atoms with Crippen molar-refractivity contribution in [1.29, 1.82) is 0 Å². The number of aromatic amines is 1. The normalized spacial score (nSPS) is 11.8. The van der Waals surface area contributed by atoms with Crippen molar-refractivity contribution in [1.82, 2.24) is 9.88 Å². The number of hydrogen-bond acceptors (Lipinski definition) is 5. The zero-order valence-electron chi connectivity index (χ0n) is 17.2. The van der Waals surface area contributed by atoms with Gasteiger partial charge in [0.1, 0.15) is 11.5 Å². The zero-order valence-corrected chi connectivity index (χ0v) is 17.2. The van der Waals surface area contributed by atoms with Crippen LogP contribution in [0.25, 0.3) is 0 Å². The van der Waals surface area contributed by atoms with Gasteiger partial charge < -0.3 is 19.4 Å². The van der Waals surface area contributed by atoms with E-state index in [2.05, 4.69) is 4.98 Å². The highest BCUT2D eigenvalue weighted by Gasteiger charge is 2.31. The Bertz CT molecular complexity index is 905. The second-order valence-corrected chi connectivity index (χ2v) is 6.66. The van der Waals surface area contributed by atoms with Gasteiger partial charge in [-0.15, -0.1) is 0 Å². The van der Waals surface area contributed by atoms with Crippen molar-refractivity contribution in [2.75, 3.05) is 27.4 Å². The number of methoxy groups -OCH3 is 2. The summed E-state index contributed by atoms with van der Waals surface area (Å²) in [5.41, 5.74) is 1.79. The number of aryl methyl sites for hydroxylation is 1. The molecular weight excluding hydrogens is 379 g/mol. The highest BCUT2D eigenvalue weighted by Crippen LogP contribution is 2.22. The summed E-state index contributed by atoms with van der Waals surface area (Å²) >= 11 is 0. The van der Waals surface area contributed by atoms with Crippen LogP contribution >= 0.6 is 0 Å². The molecule has 8 heteroatoms. The molecule has 0 aliphatic carbocycles. The number of esters is 1. The number of halogens is 1. The molecule has 0 saturated carbocycles. The van der Waals surface area contributed by atoms with E-state index in [0.717, 1.165) is 0 Å². The van der Waals surface area contributed by atoms with Crippen molar-refractivity contribution >= 4 is 17.7 Å². The molecule has 1 heterocycles. The Hall–Kier alpha value is -3.00. The van der Waals surface area contributed by atoms with E-state index in [-0.39, 0.29) is 30.2 Å². The van der Waals surface area contributed by atoms with Crippen molar-refractivity contribution in [3.05, 3.63) is 58.2 Å². The molecular formula is C21H25FN2O5. The van der Waals surface area contributed by atoms with E-state index in [1.54, 1.807) is 20.8 Å². The second-order valence-electron chi connectivity index (χ2n) is 6.66. The minimum atomic E-state index is -0.832. The number of carbonyl (C=O) groups excluding carboxylic acids is 3. The van der Waals surface area contributed by atoms with Crippen molar-refractivity contribution in [3.8, 4) is 0 Å². The molecule has 0 spiro atoms. The van der Waals surface area contributed by atoms with Crippen LogP contribution in [0.3, 0.4) is 0 Å². The van der Waals surface area contributed by atoms with Crippen LogP contribution in [0.1, 0.15) is 49.4 Å². The summed E-state index contributed by atoms with van der Waals surface area (Å²) < 4.78 is 23.0. The average molecular weight is 404 g/mol. The van der Waals surface area contributed by atoms with Crippen molar-refractivity contribution in [2.24, 2.45) is 0 Å². The van der Waals surface area contributed by atoms with Crippen molar-refractivity contribution < 1.29 is 28.2 Å². The van der Waals surface area contributed by atoms with Gasteiger partial charge in [-0.25, -0.2) is 9.18 Å². The number of carbonyl (C=O) groups is 3. The molecule has 7 nitrogen and oxygen atoms in total. The minimum Gasteiger partial charge on any atom is -0.464 e. The van der Waals surface area contributed by atoms with Gasteiger partial charge in [-0.2, -0.15) is 0 Å². The number of nitrogens with zero attached hydrogens (tertiary/aromatic N) is 1. The Balaban J connectivity index is 2.38. The largest absolute Gasteiger partial charge is 0.464 e. The standard InChI is InChI=1S/C21H25FN2O5/c1-12-17(13(2)23-18(12)21(27)29-5)19(25)14(3)24(10-11-28-4)20(26)15-6-8-16(22)9-7-15/h6-9,14,23H,10-11H2,1-5H3/t14-/m1/s1. The molecule has 0 aliphatic rings. The molecule has 1 aromatic carbocycles. The van der Waals surface area contributed by atoms with Crippen LogP contribution in [0.2, 0.25) is 0 Å². The molecule has 1 atom stereocenters. The van der Waals surface area contributed by atoms with Crippen molar-refractivity contribution in [3.63, 3.8) is 0 Å². The lowest BCUT2D eigenvalue weighted by molar-refractivity contribution is 0.0563. The maximum Gasteiger partial charge on any atom is 0.354 e. The summed E-state index contributed by atoms with van der Waals surface area (Å²) in [5.74, 6) is -1.76. The third-order valence-corrected chi connectivity index (χ3v) is 4.81. The Morgan fingerprint density at radius 3 is 2.31 bits per heavy atom. The quantitative estimate of drug-likeness (QED) is 0.540. The fourth-order valence-corrected chi connectivity index (χ4v) is 3.20. The molecule has 0 radical (unpaired) electrons. The summed E-state index contributed by atoms with van der Waals surface area (Å²) in [7, 11) is 2.76. The van der Waals surface area contributed by atoms with E-state index >= 15 is 0 Å². The average Bonchev–Trinajstić information content (AvgIpc) is 3.01. The zero-order chi connectivity index (χ0) is 21.7. The Labute approximate surface area is 168 Å². The first kappa shape index (κ1) is 22.3. The van der Waals surface area contributed by atoms with Crippen LogP contribution in [0, 0.1) is 19.7 Å². The molecule has 2 aromatic rings. The number of rotatable bonds is 8. The molecule has 2 rings (SSSR count). The number of ketones is 1. The van der Waals surface area contributed by atoms with Crippen LogP contribution in [0.15, 0.2) is 24.3 Å². The van der Waals surface area contributed by atoms with E-state index in [1.807, 2.05) is 0 Å². The first-order chi connectivity index (χ1) is 13.7. The highest BCUT2D eigenvalue weighted by molar-refractivity contribution is 6.07. The molecule has 0 unspecified atom stereocenters. The summed E-state index contributed by atoms with van der Waals surface area (Å²) in [5, 5.41) is 0. The van der Waals surface area contributed by atoms with Crippen LogP contribution < -0.4 is 0 Å². The summed E-state index contributed by atoms with van der Waals surface area (Å²) in [6, 6.07) is 4.30. The van der Waals surface area contributed by atoms with Crippen LogP contribution in [0.5, 0.6) is 0 Å². The monoisotopic (exact) mass is 404 g/mol. The van der Waals surface area contributed by atoms with Gasteiger partial charge in [-0.1, -0.05) is 0 Å². The fourth-order valence-electron chi connectivity index (χ4n) is 3.20. The number of aromatic nitrogens is 1. The summed E-state index contributed by atoms with van der Waals surface area (Å²) in [6.07, 6.45) is 0. The third-order valence-electron chi connectivity index (χ3n) is 4.81. The van der Waals surface area contributed by atoms with Gasteiger partial charge in [0.2, 0.25) is 0 Å². The number of Topliss-reactive ketones (excluding diaryl/α,β-unsaturated/α-hetero) is 1. The Morgan fingerprint density at radius 1 is 1.14 bits per heavy atom. The Kier molecular flexibility index (Phi) is 7.28. The summed E-state index contributed by atoms with van der Waals surface area (Å²) in [4.78, 5) is 42.4. The number of ether oxygens (including phenoxy) is 2. The molecule has 0 bridgehead atoms. The molecule has 1 amide bonds. The predicted octanol–water partition coefficient (Wildman–Crippen LogP) is 2.92. The number of benzene rings is 1. The van der Waals surface area contributed by atoms with Gasteiger partial charge in [-0.3, -0.25) is 9.59 Å². The van der Waals surface area contributed by atoms with Crippen molar-refractivity contribution in [2.45, 2.75) is 26.8 Å². The smallest absolute Gasteiger partial charge is 0.354 e. The maximum atomic E-state index is 13.2. The molecule has 29 heavy (non-hydrogen) atoms. The lowest BCUT2D eigenvalue weighted by Gasteiger charge is -2.28. The first-order valence-electron chi connectivity index (χ1n) is 9.10. The van der Waals surface area contributed by atoms with Gasteiger partial charge in [0.25, 0.3) is 5.91 Å². The molecule has 0 fully saturated rings. The van der Waals surface area contributed by atoms with E-state index in [0.29, 0.717) is 16.8 Å². The highest BCUT2D eigenvalue weighted by atomic mass is 19.1. The molecule has 1 N–H and O–H groups in total.